The molecule has 3 aromatic rings. The van der Waals surface area contributed by atoms with E-state index in [1.54, 1.807) is 17.0 Å². The van der Waals surface area contributed by atoms with Crippen molar-refractivity contribution in [1.29, 1.82) is 0 Å². The zero-order chi connectivity index (χ0) is 22.8. The summed E-state index contributed by atoms with van der Waals surface area (Å²) >= 11 is 5.96. The summed E-state index contributed by atoms with van der Waals surface area (Å²) < 4.78 is 27.6. The van der Waals surface area contributed by atoms with Crippen LogP contribution in [-0.4, -0.2) is 45.8 Å². The van der Waals surface area contributed by atoms with E-state index in [0.717, 1.165) is 25.0 Å². The first-order valence-corrected chi connectivity index (χ1v) is 10.9. The molecular formula is C23H23ClF2N4O2. The Bertz CT molecular complexity index is 1160. The van der Waals surface area contributed by atoms with Gasteiger partial charge in [0, 0.05) is 37.2 Å². The van der Waals surface area contributed by atoms with Crippen molar-refractivity contribution in [2.45, 2.75) is 32.2 Å². The lowest BCUT2D eigenvalue weighted by atomic mass is 9.97. The summed E-state index contributed by atoms with van der Waals surface area (Å²) in [4.78, 5) is 34.9. The van der Waals surface area contributed by atoms with E-state index >= 15 is 0 Å². The Morgan fingerprint density at radius 3 is 2.72 bits per heavy atom. The topological polar surface area (TPSA) is 78.1 Å². The molecule has 1 saturated heterocycles. The zero-order valence-electron chi connectivity index (χ0n) is 17.5. The van der Waals surface area contributed by atoms with E-state index in [1.165, 1.54) is 12.3 Å². The molecule has 2 amide bonds. The second kappa shape index (κ2) is 9.24. The molecule has 3 heterocycles. The minimum absolute atomic E-state index is 0.0902. The minimum Gasteiger partial charge on any atom is -0.341 e. The lowest BCUT2D eigenvalue weighted by Gasteiger charge is -2.33. The van der Waals surface area contributed by atoms with Crippen molar-refractivity contribution in [1.82, 2.24) is 20.2 Å². The van der Waals surface area contributed by atoms with E-state index in [9.17, 15) is 18.4 Å². The zero-order valence-corrected chi connectivity index (χ0v) is 18.3. The van der Waals surface area contributed by atoms with Gasteiger partial charge in [-0.3, -0.25) is 9.59 Å². The first kappa shape index (κ1) is 22.2. The number of nitrogens with one attached hydrogen (secondary N) is 2. The number of amides is 2. The van der Waals surface area contributed by atoms with Gasteiger partial charge in [-0.1, -0.05) is 24.6 Å². The number of carbonyl (C=O) groups excluding carboxylic acids is 2. The third-order valence-corrected chi connectivity index (χ3v) is 6.03. The number of piperidine rings is 1. The summed E-state index contributed by atoms with van der Waals surface area (Å²) in [6.07, 6.45) is 3.10. The van der Waals surface area contributed by atoms with Crippen LogP contribution in [0.1, 0.15) is 35.8 Å². The Kier molecular flexibility index (Phi) is 6.41. The fraction of sp³-hybridized carbons (Fsp3) is 0.348. The quantitative estimate of drug-likeness (QED) is 0.602. The van der Waals surface area contributed by atoms with Gasteiger partial charge in [-0.25, -0.2) is 13.8 Å². The van der Waals surface area contributed by atoms with Crippen LogP contribution in [0, 0.1) is 17.6 Å². The Labute approximate surface area is 189 Å². The number of hydrogen-bond acceptors (Lipinski definition) is 3. The van der Waals surface area contributed by atoms with Crippen LogP contribution in [-0.2, 0) is 11.2 Å². The van der Waals surface area contributed by atoms with E-state index in [4.69, 9.17) is 11.6 Å². The molecule has 1 fully saturated rings. The Hall–Kier alpha value is -3.00. The molecule has 2 aromatic heterocycles. The number of nitrogens with zero attached hydrogens (tertiary/aromatic N) is 2. The SMILES string of the molecule is CC1CCN(C(=O)[C@H](Cc2ccc(F)cc2F)NC(=O)c2cc3cc(Cl)cnc3[nH]2)CC1. The molecule has 0 saturated carbocycles. The summed E-state index contributed by atoms with van der Waals surface area (Å²) in [5, 5.41) is 3.81. The number of benzene rings is 1. The van der Waals surface area contributed by atoms with Crippen molar-refractivity contribution in [2.75, 3.05) is 13.1 Å². The molecule has 6 nitrogen and oxygen atoms in total. The van der Waals surface area contributed by atoms with Crippen molar-refractivity contribution in [3.63, 3.8) is 0 Å². The summed E-state index contributed by atoms with van der Waals surface area (Å²) in [7, 11) is 0. The molecule has 0 bridgehead atoms. The molecule has 1 atom stereocenters. The van der Waals surface area contributed by atoms with E-state index in [1.807, 2.05) is 0 Å². The number of fused-ring (bicyclic) bond motifs is 1. The molecule has 0 unspecified atom stereocenters. The average molecular weight is 461 g/mol. The smallest absolute Gasteiger partial charge is 0.268 e. The number of hydrogen-bond donors (Lipinski definition) is 2. The molecule has 1 aliphatic heterocycles. The number of aromatic amines is 1. The van der Waals surface area contributed by atoms with Gasteiger partial charge in [0.25, 0.3) is 5.91 Å². The molecule has 9 heteroatoms. The van der Waals surface area contributed by atoms with Crippen LogP contribution in [0.3, 0.4) is 0 Å². The van der Waals surface area contributed by atoms with Crippen molar-refractivity contribution >= 4 is 34.4 Å². The summed E-state index contributed by atoms with van der Waals surface area (Å²) in [6.45, 7) is 3.28. The maximum Gasteiger partial charge on any atom is 0.268 e. The van der Waals surface area contributed by atoms with Gasteiger partial charge in [0.2, 0.25) is 5.91 Å². The second-order valence-corrected chi connectivity index (χ2v) is 8.68. The standard InChI is InChI=1S/C23H23ClF2N4O2/c1-13-4-6-30(7-5-13)23(32)20(9-14-2-3-17(25)11-18(14)26)29-22(31)19-10-15-8-16(24)12-27-21(15)28-19/h2-3,8,10-13,20H,4-7,9H2,1H3,(H,27,28)(H,29,31)/t20-/m0/s1. The van der Waals surface area contributed by atoms with Gasteiger partial charge in [0.15, 0.2) is 0 Å². The largest absolute Gasteiger partial charge is 0.341 e. The molecule has 168 valence electrons. The fourth-order valence-electron chi connectivity index (χ4n) is 3.90. The highest BCUT2D eigenvalue weighted by atomic mass is 35.5. The second-order valence-electron chi connectivity index (χ2n) is 8.25. The molecule has 2 N–H and O–H groups in total. The molecule has 0 radical (unpaired) electrons. The predicted molar refractivity (Wildman–Crippen MR) is 117 cm³/mol. The van der Waals surface area contributed by atoms with Gasteiger partial charge < -0.3 is 15.2 Å². The fourth-order valence-corrected chi connectivity index (χ4v) is 4.07. The van der Waals surface area contributed by atoms with Crippen molar-refractivity contribution in [2.24, 2.45) is 5.92 Å². The maximum absolute atomic E-state index is 14.3. The average Bonchev–Trinajstić information content (AvgIpc) is 3.18. The third kappa shape index (κ3) is 4.91. The number of likely N-dealkylation sites (tertiary alicyclic amines) is 1. The number of aromatic nitrogens is 2. The lowest BCUT2D eigenvalue weighted by Crippen LogP contribution is -2.51. The van der Waals surface area contributed by atoms with E-state index in [0.29, 0.717) is 35.1 Å². The minimum atomic E-state index is -1.00. The van der Waals surface area contributed by atoms with Crippen LogP contribution in [0.5, 0.6) is 0 Å². The number of H-pyrrole nitrogens is 1. The predicted octanol–water partition coefficient (Wildman–Crippen LogP) is 4.09. The van der Waals surface area contributed by atoms with Gasteiger partial charge >= 0.3 is 0 Å². The molecule has 4 rings (SSSR count). The molecule has 0 aliphatic carbocycles. The van der Waals surface area contributed by atoms with Crippen molar-refractivity contribution < 1.29 is 18.4 Å². The summed E-state index contributed by atoms with van der Waals surface area (Å²) in [5.41, 5.74) is 0.844. The maximum atomic E-state index is 14.3. The van der Waals surface area contributed by atoms with Gasteiger partial charge in [0.05, 0.1) is 5.02 Å². The number of rotatable bonds is 5. The van der Waals surface area contributed by atoms with E-state index in [2.05, 4.69) is 22.2 Å². The normalized spacial score (nSPS) is 15.7. The van der Waals surface area contributed by atoms with Gasteiger partial charge in [-0.2, -0.15) is 0 Å². The van der Waals surface area contributed by atoms with E-state index < -0.39 is 23.6 Å². The third-order valence-electron chi connectivity index (χ3n) is 5.82. The number of pyridine rings is 1. The van der Waals surface area contributed by atoms with Crippen LogP contribution in [0.15, 0.2) is 36.5 Å². The number of halogens is 3. The molecule has 1 aromatic carbocycles. The van der Waals surface area contributed by atoms with Crippen LogP contribution in [0.25, 0.3) is 11.0 Å². The van der Waals surface area contributed by atoms with Gasteiger partial charge in [0.1, 0.15) is 29.0 Å². The Morgan fingerprint density at radius 1 is 1.25 bits per heavy atom. The van der Waals surface area contributed by atoms with Crippen LogP contribution >= 0.6 is 11.6 Å². The number of carbonyl (C=O) groups is 2. The van der Waals surface area contributed by atoms with Crippen LogP contribution in [0.4, 0.5) is 8.78 Å². The Morgan fingerprint density at radius 2 is 2.00 bits per heavy atom. The molecule has 0 spiro atoms. The monoisotopic (exact) mass is 460 g/mol. The summed E-state index contributed by atoms with van der Waals surface area (Å²) in [5.74, 6) is -1.75. The van der Waals surface area contributed by atoms with Gasteiger partial charge in [-0.05, 0) is 42.5 Å². The highest BCUT2D eigenvalue weighted by molar-refractivity contribution is 6.31. The van der Waals surface area contributed by atoms with Crippen molar-refractivity contribution in [3.8, 4) is 0 Å². The molecule has 32 heavy (non-hydrogen) atoms. The first-order valence-electron chi connectivity index (χ1n) is 10.5. The summed E-state index contributed by atoms with van der Waals surface area (Å²) in [6, 6.07) is 5.46. The van der Waals surface area contributed by atoms with Gasteiger partial charge in [-0.15, -0.1) is 0 Å². The Balaban J connectivity index is 1.58. The first-order chi connectivity index (χ1) is 15.3. The lowest BCUT2D eigenvalue weighted by molar-refractivity contribution is -0.134. The highest BCUT2D eigenvalue weighted by Gasteiger charge is 2.30. The molecule has 1 aliphatic rings. The van der Waals surface area contributed by atoms with Crippen LogP contribution in [0.2, 0.25) is 5.02 Å². The van der Waals surface area contributed by atoms with Crippen LogP contribution < -0.4 is 5.32 Å². The molecular weight excluding hydrogens is 438 g/mol. The highest BCUT2D eigenvalue weighted by Crippen LogP contribution is 2.20. The van der Waals surface area contributed by atoms with Crippen molar-refractivity contribution in [3.05, 3.63) is 64.4 Å². The van der Waals surface area contributed by atoms with E-state index in [-0.39, 0.29) is 23.6 Å².